The summed E-state index contributed by atoms with van der Waals surface area (Å²) in [5.41, 5.74) is 1.46. The van der Waals surface area contributed by atoms with Crippen LogP contribution in [0.5, 0.6) is 0 Å². The SMILES string of the molecule is CCNc1ccncc1C(=O)NCCCC(C)C. The zero-order chi connectivity index (χ0) is 13.4. The first kappa shape index (κ1) is 14.5. The first-order valence-corrected chi connectivity index (χ1v) is 6.61. The molecule has 100 valence electrons. The third-order valence-corrected chi connectivity index (χ3v) is 2.68. The molecular weight excluding hydrogens is 226 g/mol. The van der Waals surface area contributed by atoms with Crippen molar-refractivity contribution in [2.24, 2.45) is 5.92 Å². The van der Waals surface area contributed by atoms with Gasteiger partial charge in [0.05, 0.1) is 11.3 Å². The second-order valence-electron chi connectivity index (χ2n) is 4.74. The van der Waals surface area contributed by atoms with E-state index in [0.717, 1.165) is 31.6 Å². The normalized spacial score (nSPS) is 10.4. The Bertz CT molecular complexity index is 377. The largest absolute Gasteiger partial charge is 0.385 e. The van der Waals surface area contributed by atoms with Crippen molar-refractivity contribution >= 4 is 11.6 Å². The summed E-state index contributed by atoms with van der Waals surface area (Å²) in [7, 11) is 0. The number of aromatic nitrogens is 1. The van der Waals surface area contributed by atoms with E-state index in [-0.39, 0.29) is 5.91 Å². The number of pyridine rings is 1. The van der Waals surface area contributed by atoms with Crippen molar-refractivity contribution in [3.8, 4) is 0 Å². The summed E-state index contributed by atoms with van der Waals surface area (Å²) in [6.45, 7) is 7.89. The quantitative estimate of drug-likeness (QED) is 0.730. The van der Waals surface area contributed by atoms with Gasteiger partial charge < -0.3 is 10.6 Å². The maximum absolute atomic E-state index is 12.0. The minimum Gasteiger partial charge on any atom is -0.385 e. The Morgan fingerprint density at radius 2 is 2.22 bits per heavy atom. The van der Waals surface area contributed by atoms with Gasteiger partial charge in [0.25, 0.3) is 5.91 Å². The summed E-state index contributed by atoms with van der Waals surface area (Å²) in [6.07, 6.45) is 5.44. The second-order valence-corrected chi connectivity index (χ2v) is 4.74. The fraction of sp³-hybridized carbons (Fsp3) is 0.571. The number of nitrogens with one attached hydrogen (secondary N) is 2. The third kappa shape index (κ3) is 4.73. The van der Waals surface area contributed by atoms with Crippen LogP contribution >= 0.6 is 0 Å². The maximum atomic E-state index is 12.0. The predicted octanol–water partition coefficient (Wildman–Crippen LogP) is 2.68. The first-order chi connectivity index (χ1) is 8.65. The number of carbonyl (C=O) groups excluding carboxylic acids is 1. The minimum atomic E-state index is -0.0530. The van der Waals surface area contributed by atoms with Crippen LogP contribution in [0.3, 0.4) is 0 Å². The highest BCUT2D eigenvalue weighted by atomic mass is 16.1. The Morgan fingerprint density at radius 1 is 1.44 bits per heavy atom. The molecule has 4 heteroatoms. The molecule has 0 spiro atoms. The second kappa shape index (κ2) is 7.69. The maximum Gasteiger partial charge on any atom is 0.254 e. The molecule has 0 aliphatic carbocycles. The molecule has 0 bridgehead atoms. The van der Waals surface area contributed by atoms with E-state index in [1.54, 1.807) is 12.4 Å². The molecule has 1 heterocycles. The molecule has 1 rings (SSSR count). The van der Waals surface area contributed by atoms with Crippen molar-refractivity contribution < 1.29 is 4.79 Å². The van der Waals surface area contributed by atoms with E-state index >= 15 is 0 Å². The smallest absolute Gasteiger partial charge is 0.254 e. The summed E-state index contributed by atoms with van der Waals surface area (Å²) < 4.78 is 0. The Morgan fingerprint density at radius 3 is 2.89 bits per heavy atom. The van der Waals surface area contributed by atoms with Crippen molar-refractivity contribution in [3.05, 3.63) is 24.0 Å². The molecular formula is C14H23N3O. The third-order valence-electron chi connectivity index (χ3n) is 2.68. The number of hydrogen-bond acceptors (Lipinski definition) is 3. The topological polar surface area (TPSA) is 54.0 Å². The van der Waals surface area contributed by atoms with Crippen LogP contribution < -0.4 is 10.6 Å². The number of anilines is 1. The molecule has 0 aromatic carbocycles. The standard InChI is InChI=1S/C14H23N3O/c1-4-16-13-7-9-15-10-12(13)14(18)17-8-5-6-11(2)3/h7,9-11H,4-6,8H2,1-3H3,(H,15,16)(H,17,18). The summed E-state index contributed by atoms with van der Waals surface area (Å²) in [4.78, 5) is 16.0. The lowest BCUT2D eigenvalue weighted by molar-refractivity contribution is 0.0953. The molecule has 0 unspecified atom stereocenters. The van der Waals surface area contributed by atoms with Crippen LogP contribution in [0.25, 0.3) is 0 Å². The number of amides is 1. The van der Waals surface area contributed by atoms with E-state index < -0.39 is 0 Å². The van der Waals surface area contributed by atoms with E-state index in [0.29, 0.717) is 11.5 Å². The molecule has 4 nitrogen and oxygen atoms in total. The van der Waals surface area contributed by atoms with Gasteiger partial charge in [-0.2, -0.15) is 0 Å². The zero-order valence-electron chi connectivity index (χ0n) is 11.5. The molecule has 0 saturated heterocycles. The number of carbonyl (C=O) groups is 1. The van der Waals surface area contributed by atoms with Gasteiger partial charge in [-0.1, -0.05) is 13.8 Å². The lowest BCUT2D eigenvalue weighted by Crippen LogP contribution is -2.25. The number of rotatable bonds is 7. The molecule has 1 aromatic heterocycles. The van der Waals surface area contributed by atoms with Crippen molar-refractivity contribution in [2.45, 2.75) is 33.6 Å². The highest BCUT2D eigenvalue weighted by molar-refractivity contribution is 5.99. The molecule has 0 fully saturated rings. The van der Waals surface area contributed by atoms with Crippen LogP contribution in [-0.2, 0) is 0 Å². The van der Waals surface area contributed by atoms with Crippen molar-refractivity contribution in [1.82, 2.24) is 10.3 Å². The van der Waals surface area contributed by atoms with Crippen molar-refractivity contribution in [2.75, 3.05) is 18.4 Å². The minimum absolute atomic E-state index is 0.0530. The summed E-state index contributed by atoms with van der Waals surface area (Å²) in [5, 5.41) is 6.10. The van der Waals surface area contributed by atoms with E-state index in [4.69, 9.17) is 0 Å². The summed E-state index contributed by atoms with van der Waals surface area (Å²) >= 11 is 0. The van der Waals surface area contributed by atoms with E-state index in [1.165, 1.54) is 0 Å². The van der Waals surface area contributed by atoms with Gasteiger partial charge in [-0.25, -0.2) is 0 Å². The van der Waals surface area contributed by atoms with Crippen LogP contribution in [0.1, 0.15) is 44.0 Å². The van der Waals surface area contributed by atoms with Crippen LogP contribution in [0, 0.1) is 5.92 Å². The van der Waals surface area contributed by atoms with Crippen LogP contribution in [0.15, 0.2) is 18.5 Å². The average molecular weight is 249 g/mol. The molecule has 1 amide bonds. The lowest BCUT2D eigenvalue weighted by atomic mass is 10.1. The molecule has 0 saturated carbocycles. The highest BCUT2D eigenvalue weighted by Gasteiger charge is 2.10. The fourth-order valence-corrected chi connectivity index (χ4v) is 1.73. The van der Waals surface area contributed by atoms with Crippen LogP contribution in [-0.4, -0.2) is 24.0 Å². The van der Waals surface area contributed by atoms with Gasteiger partial charge in [0.15, 0.2) is 0 Å². The van der Waals surface area contributed by atoms with Gasteiger partial charge in [0.1, 0.15) is 0 Å². The molecule has 0 aliphatic heterocycles. The molecule has 18 heavy (non-hydrogen) atoms. The van der Waals surface area contributed by atoms with Crippen LogP contribution in [0.2, 0.25) is 0 Å². The predicted molar refractivity (Wildman–Crippen MR) is 74.8 cm³/mol. The monoisotopic (exact) mass is 249 g/mol. The summed E-state index contributed by atoms with van der Waals surface area (Å²) in [6, 6.07) is 1.83. The molecule has 1 aromatic rings. The van der Waals surface area contributed by atoms with Gasteiger partial charge in [-0.3, -0.25) is 9.78 Å². The Labute approximate surface area is 109 Å². The Hall–Kier alpha value is -1.58. The van der Waals surface area contributed by atoms with Crippen molar-refractivity contribution in [3.63, 3.8) is 0 Å². The molecule has 0 aliphatic rings. The Kier molecular flexibility index (Phi) is 6.19. The van der Waals surface area contributed by atoms with Gasteiger partial charge in [0.2, 0.25) is 0 Å². The van der Waals surface area contributed by atoms with E-state index in [2.05, 4.69) is 29.5 Å². The van der Waals surface area contributed by atoms with Gasteiger partial charge >= 0.3 is 0 Å². The number of nitrogens with zero attached hydrogens (tertiary/aromatic N) is 1. The lowest BCUT2D eigenvalue weighted by Gasteiger charge is -2.10. The van der Waals surface area contributed by atoms with Gasteiger partial charge in [-0.05, 0) is 31.7 Å². The average Bonchev–Trinajstić information content (AvgIpc) is 2.35. The van der Waals surface area contributed by atoms with Crippen LogP contribution in [0.4, 0.5) is 5.69 Å². The molecule has 0 radical (unpaired) electrons. The Balaban J connectivity index is 2.50. The zero-order valence-corrected chi connectivity index (χ0v) is 11.5. The van der Waals surface area contributed by atoms with E-state index in [9.17, 15) is 4.79 Å². The summed E-state index contributed by atoms with van der Waals surface area (Å²) in [5.74, 6) is 0.625. The molecule has 0 atom stereocenters. The van der Waals surface area contributed by atoms with Gasteiger partial charge in [0, 0.05) is 25.5 Å². The highest BCUT2D eigenvalue weighted by Crippen LogP contribution is 2.13. The van der Waals surface area contributed by atoms with Gasteiger partial charge in [-0.15, -0.1) is 0 Å². The van der Waals surface area contributed by atoms with Crippen molar-refractivity contribution in [1.29, 1.82) is 0 Å². The molecule has 2 N–H and O–H groups in total. The fourth-order valence-electron chi connectivity index (χ4n) is 1.73. The van der Waals surface area contributed by atoms with E-state index in [1.807, 2.05) is 13.0 Å². The number of hydrogen-bond donors (Lipinski definition) is 2. The first-order valence-electron chi connectivity index (χ1n) is 6.61.